The van der Waals surface area contributed by atoms with Crippen LogP contribution >= 0.6 is 0 Å². The van der Waals surface area contributed by atoms with E-state index in [2.05, 4.69) is 31.1 Å². The summed E-state index contributed by atoms with van der Waals surface area (Å²) >= 11 is 0. The Morgan fingerprint density at radius 1 is 0.333 bits per heavy atom. The van der Waals surface area contributed by atoms with Crippen molar-refractivity contribution >= 4 is 0 Å². The van der Waals surface area contributed by atoms with Crippen molar-refractivity contribution in [1.29, 1.82) is 0 Å². The highest BCUT2D eigenvalue weighted by Gasteiger charge is 2.35. The summed E-state index contributed by atoms with van der Waals surface area (Å²) < 4.78 is 0. The Labute approximate surface area is 258 Å². The molecule has 12 bridgehead atoms. The standard InChI is InChI=1S/2C7H13N.2C6H11N.2C5H9N/c1-4-8-5-2-7(1)3-6-8;1-3-7-4-2-6(1)5-8-7;1-3-7-4-2-6(1)5-7;1-2-6-3-5(1)4-7-6;1-4-2-5(1)6-3-4;1-2-5-3-4(1)6-5/h7H,1-6H2;6-8H,1-5H2;6H,1-5H2;5-7H,1-4H2;2*4-6H,1-3H2. The summed E-state index contributed by atoms with van der Waals surface area (Å²) in [4.78, 5) is 5.14. The molecule has 4 saturated carbocycles. The summed E-state index contributed by atoms with van der Waals surface area (Å²) in [7, 11) is 0. The number of nitrogens with one attached hydrogen (secondary N) is 4. The van der Waals surface area contributed by atoms with Crippen molar-refractivity contribution in [2.75, 3.05) is 58.9 Å². The van der Waals surface area contributed by atoms with E-state index in [4.69, 9.17) is 0 Å². The van der Waals surface area contributed by atoms with Gasteiger partial charge in [0.1, 0.15) is 0 Å². The summed E-state index contributed by atoms with van der Waals surface area (Å²) in [5.41, 5.74) is 0. The van der Waals surface area contributed by atoms with Gasteiger partial charge in [-0.3, -0.25) is 0 Å². The van der Waals surface area contributed by atoms with Gasteiger partial charge in [-0.2, -0.15) is 0 Å². The highest BCUT2D eigenvalue weighted by atomic mass is 15.2. The van der Waals surface area contributed by atoms with Gasteiger partial charge in [-0.15, -0.1) is 0 Å². The summed E-state index contributed by atoms with van der Waals surface area (Å²) in [6, 6.07) is 4.64. The molecule has 12 saturated heterocycles. The van der Waals surface area contributed by atoms with Crippen LogP contribution in [0.25, 0.3) is 0 Å². The molecule has 16 rings (SSSR count). The zero-order chi connectivity index (χ0) is 28.1. The van der Waals surface area contributed by atoms with Crippen LogP contribution in [0.2, 0.25) is 0 Å². The topological polar surface area (TPSA) is 54.6 Å². The molecular weight excluding hydrogens is 516 g/mol. The highest BCUT2D eigenvalue weighted by Crippen LogP contribution is 2.33. The molecule has 0 aromatic heterocycles. The molecule has 4 atom stereocenters. The predicted octanol–water partition coefficient (Wildman–Crippen LogP) is 4.60. The fourth-order valence-electron chi connectivity index (χ4n) is 10.1. The third-order valence-corrected chi connectivity index (χ3v) is 13.4. The Kier molecular flexibility index (Phi) is 10.8. The molecule has 16 aliphatic rings. The van der Waals surface area contributed by atoms with E-state index in [0.29, 0.717) is 0 Å². The van der Waals surface area contributed by atoms with Gasteiger partial charge in [-0.25, -0.2) is 0 Å². The third kappa shape index (κ3) is 8.51. The number of piperidine rings is 7. The Balaban J connectivity index is 0.0000000825. The molecule has 0 aromatic rings. The molecule has 4 unspecified atom stereocenters. The molecule has 6 nitrogen and oxygen atoms in total. The first-order valence-electron chi connectivity index (χ1n) is 19.1. The SMILES string of the molecule is C1CC2CC1CN2.C1CC2CC1N2.C1CC2CCC1CN2.C1CN2CCC1C2.C1CN2CCC1CC2.C1NC2CC1C2. The predicted molar refractivity (Wildman–Crippen MR) is 175 cm³/mol. The molecule has 12 heterocycles. The van der Waals surface area contributed by atoms with Crippen LogP contribution in [0, 0.1) is 29.6 Å². The second-order valence-corrected chi connectivity index (χ2v) is 16.5. The second kappa shape index (κ2) is 14.9. The lowest BCUT2D eigenvalue weighted by molar-refractivity contribution is 0.111. The quantitative estimate of drug-likeness (QED) is 0.335. The van der Waals surface area contributed by atoms with Crippen molar-refractivity contribution < 1.29 is 0 Å². The summed E-state index contributed by atoms with van der Waals surface area (Å²) in [6.45, 7) is 12.3. The lowest BCUT2D eigenvalue weighted by atomic mass is 9.82. The van der Waals surface area contributed by atoms with Crippen LogP contribution in [-0.2, 0) is 0 Å². The van der Waals surface area contributed by atoms with Gasteiger partial charge < -0.3 is 31.1 Å². The minimum absolute atomic E-state index is 0.903. The smallest absolute Gasteiger partial charge is 0.00850 e. The lowest BCUT2D eigenvalue weighted by Crippen LogP contribution is -2.44. The number of nitrogens with zero attached hydrogens (tertiary/aromatic N) is 2. The van der Waals surface area contributed by atoms with Crippen molar-refractivity contribution in [2.45, 2.75) is 139 Å². The maximum absolute atomic E-state index is 3.52. The molecule has 6 heteroatoms. The van der Waals surface area contributed by atoms with E-state index in [1.54, 1.807) is 0 Å². The Morgan fingerprint density at radius 3 is 0.952 bits per heavy atom. The van der Waals surface area contributed by atoms with Gasteiger partial charge in [-0.05, 0) is 191 Å². The average Bonchev–Trinajstić information content (AvgIpc) is 3.89. The molecule has 0 radical (unpaired) electrons. The average molecular weight is 583 g/mol. The summed E-state index contributed by atoms with van der Waals surface area (Å²) in [5.74, 6) is 5.39. The molecule has 240 valence electrons. The van der Waals surface area contributed by atoms with Crippen LogP contribution in [0.15, 0.2) is 0 Å². The largest absolute Gasteiger partial charge is 0.314 e. The van der Waals surface area contributed by atoms with Crippen LogP contribution in [0.1, 0.15) is 109 Å². The number of hydrogen-bond donors (Lipinski definition) is 4. The van der Waals surface area contributed by atoms with Crippen LogP contribution < -0.4 is 21.3 Å². The van der Waals surface area contributed by atoms with E-state index in [1.165, 1.54) is 168 Å². The first kappa shape index (κ1) is 30.4. The maximum atomic E-state index is 3.52. The van der Waals surface area contributed by atoms with E-state index in [0.717, 1.165) is 59.8 Å². The first-order chi connectivity index (χ1) is 20.7. The Bertz CT molecular complexity index is 620. The molecule has 16 fully saturated rings. The van der Waals surface area contributed by atoms with E-state index >= 15 is 0 Å². The Morgan fingerprint density at radius 2 is 0.810 bits per heavy atom. The molecule has 0 spiro atoms. The minimum atomic E-state index is 0.903. The van der Waals surface area contributed by atoms with Crippen molar-refractivity contribution in [3.8, 4) is 0 Å². The molecular formula is C36H66N6. The van der Waals surface area contributed by atoms with Crippen LogP contribution in [0.3, 0.4) is 0 Å². The molecule has 0 aromatic carbocycles. The molecule has 4 N–H and O–H groups in total. The van der Waals surface area contributed by atoms with Gasteiger partial charge in [0.15, 0.2) is 0 Å². The third-order valence-electron chi connectivity index (χ3n) is 13.4. The normalized spacial score (nSPS) is 48.0. The molecule has 42 heavy (non-hydrogen) atoms. The van der Waals surface area contributed by atoms with Gasteiger partial charge in [0.05, 0.1) is 0 Å². The molecule has 0 amide bonds. The van der Waals surface area contributed by atoms with Gasteiger partial charge in [0.25, 0.3) is 0 Å². The fourth-order valence-corrected chi connectivity index (χ4v) is 10.1. The molecule has 12 aliphatic heterocycles. The van der Waals surface area contributed by atoms with Gasteiger partial charge in [-0.1, -0.05) is 0 Å². The highest BCUT2D eigenvalue weighted by molar-refractivity contribution is 4.96. The maximum Gasteiger partial charge on any atom is 0.00850 e. The van der Waals surface area contributed by atoms with Crippen LogP contribution in [0.5, 0.6) is 0 Å². The van der Waals surface area contributed by atoms with Gasteiger partial charge in [0, 0.05) is 36.8 Å². The second-order valence-electron chi connectivity index (χ2n) is 16.5. The van der Waals surface area contributed by atoms with E-state index in [-0.39, 0.29) is 0 Å². The summed E-state index contributed by atoms with van der Waals surface area (Å²) in [5, 5.41) is 13.8. The van der Waals surface area contributed by atoms with Crippen molar-refractivity contribution in [3.05, 3.63) is 0 Å². The number of fused-ring (bicyclic) bond motifs is 12. The van der Waals surface area contributed by atoms with Crippen molar-refractivity contribution in [3.63, 3.8) is 0 Å². The first-order valence-corrected chi connectivity index (χ1v) is 19.1. The van der Waals surface area contributed by atoms with Crippen molar-refractivity contribution in [2.24, 2.45) is 29.6 Å². The fraction of sp³-hybridized carbons (Fsp3) is 1.00. The van der Waals surface area contributed by atoms with Gasteiger partial charge >= 0.3 is 0 Å². The zero-order valence-corrected chi connectivity index (χ0v) is 27.1. The Hall–Kier alpha value is -0.240. The van der Waals surface area contributed by atoms with E-state index in [1.807, 2.05) is 0 Å². The van der Waals surface area contributed by atoms with Gasteiger partial charge in [0.2, 0.25) is 0 Å². The minimum Gasteiger partial charge on any atom is -0.314 e. The molecule has 4 aliphatic carbocycles. The monoisotopic (exact) mass is 583 g/mol. The number of rotatable bonds is 0. The van der Waals surface area contributed by atoms with Crippen molar-refractivity contribution in [1.82, 2.24) is 31.1 Å². The summed E-state index contributed by atoms with van der Waals surface area (Å²) in [6.07, 6.45) is 25.1. The van der Waals surface area contributed by atoms with E-state index in [9.17, 15) is 0 Å². The van der Waals surface area contributed by atoms with E-state index < -0.39 is 0 Å². The van der Waals surface area contributed by atoms with Crippen LogP contribution in [0.4, 0.5) is 0 Å². The van der Waals surface area contributed by atoms with Crippen LogP contribution in [-0.4, -0.2) is 98.9 Å². The zero-order valence-electron chi connectivity index (χ0n) is 27.1. The number of hydrogen-bond acceptors (Lipinski definition) is 6. The lowest BCUT2D eigenvalue weighted by Gasteiger charge is -2.38.